The third-order valence-electron chi connectivity index (χ3n) is 3.47. The molecule has 1 saturated heterocycles. The Labute approximate surface area is 162 Å². The van der Waals surface area contributed by atoms with E-state index in [-0.39, 0.29) is 12.0 Å². The molecule has 0 bridgehead atoms. The van der Waals surface area contributed by atoms with Crippen molar-refractivity contribution in [3.63, 3.8) is 0 Å². The van der Waals surface area contributed by atoms with Gasteiger partial charge in [0.1, 0.15) is 12.3 Å². The maximum absolute atomic E-state index is 11.9. The molecule has 2 rings (SSSR count). The van der Waals surface area contributed by atoms with Gasteiger partial charge in [-0.15, -0.1) is 0 Å². The first-order valence-electron chi connectivity index (χ1n) is 7.52. The molecular formula is C11H17N2O13P3. The summed E-state index contributed by atoms with van der Waals surface area (Å²) in [5.41, 5.74) is -0.779. The van der Waals surface area contributed by atoms with Crippen LogP contribution in [-0.4, -0.2) is 41.8 Å². The van der Waals surface area contributed by atoms with E-state index < -0.39 is 53.7 Å². The first-order chi connectivity index (χ1) is 13.1. The van der Waals surface area contributed by atoms with Gasteiger partial charge in [-0.25, -0.2) is 18.5 Å². The van der Waals surface area contributed by atoms with Crippen molar-refractivity contribution in [3.05, 3.63) is 44.8 Å². The van der Waals surface area contributed by atoms with Gasteiger partial charge in [-0.3, -0.25) is 18.9 Å². The van der Waals surface area contributed by atoms with Gasteiger partial charge in [0, 0.05) is 18.2 Å². The van der Waals surface area contributed by atoms with Crippen LogP contribution in [0.2, 0.25) is 0 Å². The van der Waals surface area contributed by atoms with Crippen LogP contribution in [0.5, 0.6) is 0 Å². The van der Waals surface area contributed by atoms with Gasteiger partial charge in [0.25, 0.3) is 5.56 Å². The van der Waals surface area contributed by atoms with Crippen LogP contribution >= 0.6 is 23.5 Å². The molecule has 1 aromatic heterocycles. The van der Waals surface area contributed by atoms with Crippen LogP contribution in [0.15, 0.2) is 27.9 Å². The first kappa shape index (κ1) is 24.1. The molecule has 2 heterocycles. The highest BCUT2D eigenvalue weighted by Crippen LogP contribution is 2.66. The van der Waals surface area contributed by atoms with Crippen molar-refractivity contribution in [3.8, 4) is 0 Å². The Morgan fingerprint density at radius 3 is 2.41 bits per heavy atom. The van der Waals surface area contributed by atoms with E-state index in [1.165, 1.54) is 13.1 Å². The van der Waals surface area contributed by atoms with Crippen molar-refractivity contribution < 1.29 is 51.2 Å². The minimum absolute atomic E-state index is 0.0792. The molecular weight excluding hydrogens is 461 g/mol. The largest absolute Gasteiger partial charge is 0.490 e. The summed E-state index contributed by atoms with van der Waals surface area (Å²) in [5, 5.41) is 0. The third kappa shape index (κ3) is 6.92. The zero-order valence-corrected chi connectivity index (χ0v) is 17.3. The van der Waals surface area contributed by atoms with Gasteiger partial charge in [-0.1, -0.05) is 6.58 Å². The Balaban J connectivity index is 2.04. The number of aromatic nitrogens is 2. The number of hydrogen-bond acceptors (Lipinski definition) is 9. The minimum Gasteiger partial charge on any atom is -0.348 e. The summed E-state index contributed by atoms with van der Waals surface area (Å²) in [7, 11) is -16.4. The van der Waals surface area contributed by atoms with Gasteiger partial charge in [-0.2, -0.15) is 8.62 Å². The summed E-state index contributed by atoms with van der Waals surface area (Å²) in [6.45, 7) is 4.41. The predicted molar refractivity (Wildman–Crippen MR) is 93.5 cm³/mol. The molecule has 5 N–H and O–H groups in total. The monoisotopic (exact) mass is 478 g/mol. The van der Waals surface area contributed by atoms with Gasteiger partial charge in [0.2, 0.25) is 0 Å². The quantitative estimate of drug-likeness (QED) is 0.246. The summed E-state index contributed by atoms with van der Waals surface area (Å²) in [4.78, 5) is 60.9. The lowest BCUT2D eigenvalue weighted by Crippen LogP contribution is -2.33. The maximum Gasteiger partial charge on any atom is 0.490 e. The molecule has 0 spiro atoms. The molecule has 0 amide bonds. The van der Waals surface area contributed by atoms with Gasteiger partial charge in [-0.05, 0) is 12.5 Å². The van der Waals surface area contributed by atoms with Crippen LogP contribution in [0.4, 0.5) is 0 Å². The maximum atomic E-state index is 11.9. The zero-order chi connectivity index (χ0) is 22.2. The van der Waals surface area contributed by atoms with Gasteiger partial charge < -0.3 is 24.3 Å². The number of phosphoric ester groups is 1. The Morgan fingerprint density at radius 2 is 1.83 bits per heavy atom. The molecule has 164 valence electrons. The van der Waals surface area contributed by atoms with Crippen LogP contribution in [0.1, 0.15) is 18.2 Å². The van der Waals surface area contributed by atoms with E-state index >= 15 is 0 Å². The highest BCUT2D eigenvalue weighted by Gasteiger charge is 2.41. The van der Waals surface area contributed by atoms with Crippen molar-refractivity contribution in [2.45, 2.75) is 25.7 Å². The number of nitrogens with zero attached hydrogens (tertiary/aromatic N) is 1. The smallest absolute Gasteiger partial charge is 0.348 e. The molecule has 18 heteroatoms. The Morgan fingerprint density at radius 1 is 1.21 bits per heavy atom. The lowest BCUT2D eigenvalue weighted by molar-refractivity contribution is -0.0187. The minimum atomic E-state index is -5.63. The second-order valence-corrected chi connectivity index (χ2v) is 10.2. The lowest BCUT2D eigenvalue weighted by atomic mass is 10.1. The van der Waals surface area contributed by atoms with E-state index in [0.29, 0.717) is 5.57 Å². The van der Waals surface area contributed by atoms with Crippen molar-refractivity contribution >= 4 is 23.5 Å². The van der Waals surface area contributed by atoms with Gasteiger partial charge in [0.15, 0.2) is 0 Å². The van der Waals surface area contributed by atoms with E-state index in [2.05, 4.69) is 24.7 Å². The van der Waals surface area contributed by atoms with E-state index in [0.717, 1.165) is 4.57 Å². The second-order valence-electron chi connectivity index (χ2n) is 5.81. The molecule has 4 atom stereocenters. The number of H-pyrrole nitrogens is 1. The van der Waals surface area contributed by atoms with Crippen LogP contribution in [0.25, 0.3) is 0 Å². The molecule has 0 saturated carbocycles. The zero-order valence-electron chi connectivity index (χ0n) is 14.6. The van der Waals surface area contributed by atoms with Crippen molar-refractivity contribution in [2.24, 2.45) is 0 Å². The molecule has 1 aliphatic heterocycles. The highest BCUT2D eigenvalue weighted by atomic mass is 31.3. The number of phosphoric acid groups is 3. The molecule has 15 nitrogen and oxygen atoms in total. The third-order valence-corrected chi connectivity index (χ3v) is 7.28. The number of aromatic amines is 1. The number of hydrogen-bond donors (Lipinski definition) is 5. The Kier molecular flexibility index (Phi) is 7.05. The molecule has 29 heavy (non-hydrogen) atoms. The number of ether oxygens (including phenoxy) is 1. The van der Waals surface area contributed by atoms with E-state index in [9.17, 15) is 28.2 Å². The van der Waals surface area contributed by atoms with E-state index in [1.807, 2.05) is 0 Å². The van der Waals surface area contributed by atoms with Crippen LogP contribution in [0, 0.1) is 6.92 Å². The average Bonchev–Trinajstić information content (AvgIpc) is 2.86. The van der Waals surface area contributed by atoms with Crippen molar-refractivity contribution in [2.75, 3.05) is 6.61 Å². The fourth-order valence-electron chi connectivity index (χ4n) is 2.28. The standard InChI is InChI=1S/C11H17N2O13P3/c1-6-3-9(13-4-7(2)10(14)12-11(13)15)24-8(6)5-23-28(19,20)26-29(21,22)25-27(16,17)18/h4,8-9H,1,3,5H2,2H3,(H,19,20)(H,21,22)(H,12,14,15)(H2,16,17,18). The molecule has 0 radical (unpaired) electrons. The summed E-state index contributed by atoms with van der Waals surface area (Å²) >= 11 is 0. The van der Waals surface area contributed by atoms with Crippen LogP contribution in [0.3, 0.4) is 0 Å². The second kappa shape index (κ2) is 8.50. The van der Waals surface area contributed by atoms with Crippen LogP contribution < -0.4 is 11.2 Å². The number of rotatable bonds is 8. The molecule has 4 unspecified atom stereocenters. The molecule has 0 aliphatic carbocycles. The Hall–Kier alpha value is -1.21. The fraction of sp³-hybridized carbons (Fsp3) is 0.455. The SMILES string of the molecule is C=C1CC(n2cc(C)c(=O)[nH]c2=O)OC1COP(=O)(O)OP(=O)(O)OP(=O)(O)O. The average molecular weight is 478 g/mol. The van der Waals surface area contributed by atoms with Crippen LogP contribution in [-0.2, 0) is 31.6 Å². The topological polar surface area (TPSA) is 224 Å². The van der Waals surface area contributed by atoms with Gasteiger partial charge >= 0.3 is 29.2 Å². The van der Waals surface area contributed by atoms with E-state index in [1.54, 1.807) is 0 Å². The van der Waals surface area contributed by atoms with Crippen molar-refractivity contribution in [1.82, 2.24) is 9.55 Å². The Bertz CT molecular complexity index is 1050. The molecule has 1 aliphatic rings. The first-order valence-corrected chi connectivity index (χ1v) is 12.0. The summed E-state index contributed by atoms with van der Waals surface area (Å²) in [6, 6.07) is 0. The van der Waals surface area contributed by atoms with Crippen molar-refractivity contribution in [1.29, 1.82) is 0 Å². The summed E-state index contributed by atoms with van der Waals surface area (Å²) < 4.78 is 51.8. The predicted octanol–water partition coefficient (Wildman–Crippen LogP) is 0.0320. The normalized spacial score (nSPS) is 24.2. The van der Waals surface area contributed by atoms with Gasteiger partial charge in [0.05, 0.1) is 6.61 Å². The molecule has 1 fully saturated rings. The lowest BCUT2D eigenvalue weighted by Gasteiger charge is -2.19. The summed E-state index contributed by atoms with van der Waals surface area (Å²) in [6.07, 6.45) is -0.635. The molecule has 1 aromatic rings. The van der Waals surface area contributed by atoms with E-state index in [4.69, 9.17) is 19.4 Å². The number of nitrogens with one attached hydrogen (secondary N) is 1. The summed E-state index contributed by atoms with van der Waals surface area (Å²) in [5.74, 6) is 0. The fourth-order valence-corrected chi connectivity index (χ4v) is 5.29. The highest BCUT2D eigenvalue weighted by molar-refractivity contribution is 7.66. The number of aryl methyl sites for hydroxylation is 1. The molecule has 0 aromatic carbocycles.